The third-order valence-corrected chi connectivity index (χ3v) is 3.17. The molecule has 4 nitrogen and oxygen atoms in total. The monoisotopic (exact) mass is 320 g/mol. The first-order chi connectivity index (χ1) is 11.0. The number of benzene rings is 2. The number of ether oxygens (including phenoxy) is 1. The SMILES string of the molecule is COc1ccc(CN(C)CC(=O)Nc2cc(F)cc(F)c2)cc1. The first-order valence-electron chi connectivity index (χ1n) is 7.03. The van der Waals surface area contributed by atoms with E-state index < -0.39 is 11.6 Å². The van der Waals surface area contributed by atoms with Gasteiger partial charge in [0.25, 0.3) is 0 Å². The molecule has 1 amide bonds. The molecule has 2 rings (SSSR count). The van der Waals surface area contributed by atoms with Crippen LogP contribution in [0.25, 0.3) is 0 Å². The van der Waals surface area contributed by atoms with E-state index in [1.54, 1.807) is 19.1 Å². The molecule has 6 heteroatoms. The Morgan fingerprint density at radius 2 is 1.74 bits per heavy atom. The Hall–Kier alpha value is -2.47. The summed E-state index contributed by atoms with van der Waals surface area (Å²) in [7, 11) is 3.39. The predicted molar refractivity (Wildman–Crippen MR) is 84.3 cm³/mol. The molecule has 0 saturated heterocycles. The molecule has 0 bridgehead atoms. The molecule has 0 heterocycles. The number of hydrogen-bond donors (Lipinski definition) is 1. The predicted octanol–water partition coefficient (Wildman–Crippen LogP) is 3.04. The molecule has 0 aliphatic heterocycles. The van der Waals surface area contributed by atoms with Crippen LogP contribution < -0.4 is 10.1 Å². The van der Waals surface area contributed by atoms with Crippen molar-refractivity contribution in [2.75, 3.05) is 26.0 Å². The average molecular weight is 320 g/mol. The zero-order chi connectivity index (χ0) is 16.8. The van der Waals surface area contributed by atoms with Crippen molar-refractivity contribution in [2.45, 2.75) is 6.54 Å². The minimum atomic E-state index is -0.730. The van der Waals surface area contributed by atoms with Crippen LogP contribution in [0.15, 0.2) is 42.5 Å². The molecule has 1 N–H and O–H groups in total. The number of rotatable bonds is 6. The third-order valence-electron chi connectivity index (χ3n) is 3.17. The van der Waals surface area contributed by atoms with E-state index >= 15 is 0 Å². The van der Waals surface area contributed by atoms with Gasteiger partial charge in [0.15, 0.2) is 0 Å². The van der Waals surface area contributed by atoms with Crippen LogP contribution in [0.5, 0.6) is 5.75 Å². The minimum absolute atomic E-state index is 0.101. The standard InChI is InChI=1S/C17H18F2N2O2/c1-21(10-12-3-5-16(23-2)6-4-12)11-17(22)20-15-8-13(18)7-14(19)9-15/h3-9H,10-11H2,1-2H3,(H,20,22). The van der Waals surface area contributed by atoms with Gasteiger partial charge in [-0.25, -0.2) is 8.78 Å². The maximum Gasteiger partial charge on any atom is 0.238 e. The summed E-state index contributed by atoms with van der Waals surface area (Å²) in [4.78, 5) is 13.7. The number of anilines is 1. The van der Waals surface area contributed by atoms with Gasteiger partial charge in [-0.1, -0.05) is 12.1 Å². The highest BCUT2D eigenvalue weighted by molar-refractivity contribution is 5.92. The van der Waals surface area contributed by atoms with Crippen molar-refractivity contribution < 1.29 is 18.3 Å². The van der Waals surface area contributed by atoms with E-state index in [1.165, 1.54) is 0 Å². The number of methoxy groups -OCH3 is 1. The highest BCUT2D eigenvalue weighted by Gasteiger charge is 2.09. The van der Waals surface area contributed by atoms with E-state index in [4.69, 9.17) is 4.74 Å². The zero-order valence-electron chi connectivity index (χ0n) is 13.0. The van der Waals surface area contributed by atoms with Gasteiger partial charge in [-0.15, -0.1) is 0 Å². The molecule has 0 aliphatic rings. The highest BCUT2D eigenvalue weighted by atomic mass is 19.1. The summed E-state index contributed by atoms with van der Waals surface area (Å²) in [5.74, 6) is -1.04. The van der Waals surface area contributed by atoms with E-state index in [0.717, 1.165) is 29.5 Å². The van der Waals surface area contributed by atoms with Gasteiger partial charge in [0, 0.05) is 18.3 Å². The molecule has 0 aliphatic carbocycles. The molecule has 0 fully saturated rings. The van der Waals surface area contributed by atoms with Gasteiger partial charge in [0.05, 0.1) is 13.7 Å². The van der Waals surface area contributed by atoms with Gasteiger partial charge in [-0.05, 0) is 36.9 Å². The van der Waals surface area contributed by atoms with E-state index in [-0.39, 0.29) is 18.1 Å². The minimum Gasteiger partial charge on any atom is -0.497 e. The van der Waals surface area contributed by atoms with Gasteiger partial charge in [-0.2, -0.15) is 0 Å². The number of likely N-dealkylation sites (N-methyl/N-ethyl adjacent to an activating group) is 1. The van der Waals surface area contributed by atoms with E-state index in [1.807, 2.05) is 24.3 Å². The Morgan fingerprint density at radius 3 is 2.30 bits per heavy atom. The summed E-state index contributed by atoms with van der Waals surface area (Å²) in [5.41, 5.74) is 1.13. The zero-order valence-corrected chi connectivity index (χ0v) is 13.0. The lowest BCUT2D eigenvalue weighted by Crippen LogP contribution is -2.29. The number of nitrogens with one attached hydrogen (secondary N) is 1. The fraction of sp³-hybridized carbons (Fsp3) is 0.235. The van der Waals surface area contributed by atoms with E-state index in [2.05, 4.69) is 5.32 Å². The number of halogens is 2. The molecular weight excluding hydrogens is 302 g/mol. The molecule has 0 unspecified atom stereocenters. The molecule has 0 saturated carbocycles. The van der Waals surface area contributed by atoms with Crippen molar-refractivity contribution in [1.82, 2.24) is 4.90 Å². The van der Waals surface area contributed by atoms with Gasteiger partial charge in [0.2, 0.25) is 5.91 Å². The Morgan fingerprint density at radius 1 is 1.13 bits per heavy atom. The van der Waals surface area contributed by atoms with Crippen LogP contribution in [-0.4, -0.2) is 31.5 Å². The van der Waals surface area contributed by atoms with Crippen molar-refractivity contribution in [3.05, 3.63) is 59.7 Å². The number of hydrogen-bond acceptors (Lipinski definition) is 3. The van der Waals surface area contributed by atoms with Crippen LogP contribution in [0, 0.1) is 11.6 Å². The highest BCUT2D eigenvalue weighted by Crippen LogP contribution is 2.14. The second kappa shape index (κ2) is 7.69. The van der Waals surface area contributed by atoms with Crippen LogP contribution in [0.3, 0.4) is 0 Å². The summed E-state index contributed by atoms with van der Waals surface area (Å²) in [6, 6.07) is 10.4. The summed E-state index contributed by atoms with van der Waals surface area (Å²) in [6.45, 7) is 0.666. The lowest BCUT2D eigenvalue weighted by Gasteiger charge is -2.16. The lowest BCUT2D eigenvalue weighted by atomic mass is 10.2. The fourth-order valence-corrected chi connectivity index (χ4v) is 2.17. The number of carbonyl (C=O) groups is 1. The molecule has 0 radical (unpaired) electrons. The fourth-order valence-electron chi connectivity index (χ4n) is 2.17. The van der Waals surface area contributed by atoms with Crippen molar-refractivity contribution >= 4 is 11.6 Å². The summed E-state index contributed by atoms with van der Waals surface area (Å²) in [6.07, 6.45) is 0. The Balaban J connectivity index is 1.88. The van der Waals surface area contributed by atoms with Crippen LogP contribution >= 0.6 is 0 Å². The maximum atomic E-state index is 13.1. The largest absolute Gasteiger partial charge is 0.497 e. The van der Waals surface area contributed by atoms with Crippen molar-refractivity contribution in [3.63, 3.8) is 0 Å². The van der Waals surface area contributed by atoms with Crippen LogP contribution in [-0.2, 0) is 11.3 Å². The van der Waals surface area contributed by atoms with E-state index in [0.29, 0.717) is 6.54 Å². The molecule has 0 aromatic heterocycles. The maximum absolute atomic E-state index is 13.1. The molecule has 122 valence electrons. The van der Waals surface area contributed by atoms with Crippen LogP contribution in [0.1, 0.15) is 5.56 Å². The topological polar surface area (TPSA) is 41.6 Å². The molecule has 2 aromatic rings. The molecule has 2 aromatic carbocycles. The number of amides is 1. The molecule has 23 heavy (non-hydrogen) atoms. The quantitative estimate of drug-likeness (QED) is 0.889. The van der Waals surface area contributed by atoms with Gasteiger partial charge < -0.3 is 10.1 Å². The first-order valence-corrected chi connectivity index (χ1v) is 7.03. The Bertz CT molecular complexity index is 655. The summed E-state index contributed by atoms with van der Waals surface area (Å²) in [5, 5.41) is 2.48. The summed E-state index contributed by atoms with van der Waals surface area (Å²) < 4.78 is 31.2. The van der Waals surface area contributed by atoms with Crippen molar-refractivity contribution in [2.24, 2.45) is 0 Å². The van der Waals surface area contributed by atoms with Crippen molar-refractivity contribution in [1.29, 1.82) is 0 Å². The molecule has 0 atom stereocenters. The number of carbonyl (C=O) groups excluding carboxylic acids is 1. The number of nitrogens with zero attached hydrogens (tertiary/aromatic N) is 1. The normalized spacial score (nSPS) is 10.7. The first kappa shape index (κ1) is 16.9. The molecular formula is C17H18F2N2O2. The van der Waals surface area contributed by atoms with Gasteiger partial charge in [-0.3, -0.25) is 9.69 Å². The van der Waals surface area contributed by atoms with Crippen LogP contribution in [0.2, 0.25) is 0 Å². The van der Waals surface area contributed by atoms with E-state index in [9.17, 15) is 13.6 Å². The average Bonchev–Trinajstić information content (AvgIpc) is 2.46. The second-order valence-corrected chi connectivity index (χ2v) is 5.23. The van der Waals surface area contributed by atoms with Crippen LogP contribution in [0.4, 0.5) is 14.5 Å². The third kappa shape index (κ3) is 5.34. The lowest BCUT2D eigenvalue weighted by molar-refractivity contribution is -0.117. The smallest absolute Gasteiger partial charge is 0.238 e. The Labute approximate surface area is 133 Å². The molecule has 0 spiro atoms. The second-order valence-electron chi connectivity index (χ2n) is 5.23. The van der Waals surface area contributed by atoms with Gasteiger partial charge >= 0.3 is 0 Å². The van der Waals surface area contributed by atoms with Gasteiger partial charge in [0.1, 0.15) is 17.4 Å². The van der Waals surface area contributed by atoms with Crippen molar-refractivity contribution in [3.8, 4) is 5.75 Å². The Kier molecular flexibility index (Phi) is 5.65. The summed E-state index contributed by atoms with van der Waals surface area (Å²) >= 11 is 0.